The molecule has 6 heteroatoms. The number of nitrogens with zero attached hydrogens (tertiary/aromatic N) is 4. The SMILES string of the molecule is Cc1cccc(Nc2cc(C(=O)N(C)CCc3ccncc3)nc(C)n2)c1. The molecule has 0 aliphatic carbocycles. The Hall–Kier alpha value is -3.28. The number of amides is 1. The lowest BCUT2D eigenvalue weighted by Gasteiger charge is -2.17. The van der Waals surface area contributed by atoms with Crippen LogP contribution in [0.4, 0.5) is 11.5 Å². The molecular formula is C21H23N5O. The van der Waals surface area contributed by atoms with Gasteiger partial charge in [0.05, 0.1) is 0 Å². The lowest BCUT2D eigenvalue weighted by molar-refractivity contribution is 0.0790. The van der Waals surface area contributed by atoms with Crippen molar-refractivity contribution in [1.82, 2.24) is 19.9 Å². The zero-order valence-corrected chi connectivity index (χ0v) is 15.8. The number of aromatic nitrogens is 3. The van der Waals surface area contributed by atoms with E-state index in [1.165, 1.54) is 0 Å². The number of rotatable bonds is 6. The van der Waals surface area contributed by atoms with Gasteiger partial charge in [0.25, 0.3) is 5.91 Å². The molecule has 3 rings (SSSR count). The van der Waals surface area contributed by atoms with E-state index in [1.54, 1.807) is 37.3 Å². The van der Waals surface area contributed by atoms with Gasteiger partial charge >= 0.3 is 0 Å². The van der Waals surface area contributed by atoms with Crippen LogP contribution in [0.5, 0.6) is 0 Å². The second-order valence-electron chi connectivity index (χ2n) is 6.51. The molecule has 2 heterocycles. The molecule has 1 N–H and O–H groups in total. The quantitative estimate of drug-likeness (QED) is 0.727. The van der Waals surface area contributed by atoms with Crippen LogP contribution >= 0.6 is 0 Å². The summed E-state index contributed by atoms with van der Waals surface area (Å²) in [5.74, 6) is 1.04. The maximum absolute atomic E-state index is 12.8. The first-order chi connectivity index (χ1) is 13.0. The smallest absolute Gasteiger partial charge is 0.272 e. The molecule has 27 heavy (non-hydrogen) atoms. The Bertz CT molecular complexity index is 927. The third-order valence-electron chi connectivity index (χ3n) is 4.18. The molecule has 6 nitrogen and oxygen atoms in total. The molecule has 2 aromatic heterocycles. The minimum Gasteiger partial charge on any atom is -0.340 e. The molecule has 0 radical (unpaired) electrons. The van der Waals surface area contributed by atoms with E-state index >= 15 is 0 Å². The molecule has 3 aromatic rings. The minimum absolute atomic E-state index is 0.123. The Kier molecular flexibility index (Phi) is 5.76. The predicted molar refractivity (Wildman–Crippen MR) is 106 cm³/mol. The number of hydrogen-bond donors (Lipinski definition) is 1. The van der Waals surface area contributed by atoms with Crippen LogP contribution in [0.1, 0.15) is 27.4 Å². The first-order valence-electron chi connectivity index (χ1n) is 8.85. The zero-order valence-electron chi connectivity index (χ0n) is 15.8. The highest BCUT2D eigenvalue weighted by molar-refractivity contribution is 5.93. The molecule has 138 valence electrons. The van der Waals surface area contributed by atoms with Crippen LogP contribution in [0, 0.1) is 13.8 Å². The summed E-state index contributed by atoms with van der Waals surface area (Å²) in [6, 6.07) is 13.6. The number of nitrogens with one attached hydrogen (secondary N) is 1. The van der Waals surface area contributed by atoms with Crippen molar-refractivity contribution in [2.75, 3.05) is 18.9 Å². The summed E-state index contributed by atoms with van der Waals surface area (Å²) >= 11 is 0. The standard InChI is InChI=1S/C21H23N5O/c1-15-5-4-6-18(13-15)25-20-14-19(23-16(2)24-20)21(27)26(3)12-9-17-7-10-22-11-8-17/h4-8,10-11,13-14H,9,12H2,1-3H3,(H,23,24,25). The van der Waals surface area contributed by atoms with Crippen LogP contribution in [-0.2, 0) is 6.42 Å². The highest BCUT2D eigenvalue weighted by Gasteiger charge is 2.15. The van der Waals surface area contributed by atoms with E-state index in [1.807, 2.05) is 43.3 Å². The molecule has 1 amide bonds. The monoisotopic (exact) mass is 361 g/mol. The fourth-order valence-corrected chi connectivity index (χ4v) is 2.76. The van der Waals surface area contributed by atoms with Gasteiger partial charge in [-0.05, 0) is 55.7 Å². The Morgan fingerprint density at radius 2 is 1.85 bits per heavy atom. The summed E-state index contributed by atoms with van der Waals surface area (Å²) in [4.78, 5) is 27.2. The molecule has 0 bridgehead atoms. The maximum atomic E-state index is 12.8. The van der Waals surface area contributed by atoms with E-state index in [2.05, 4.69) is 20.3 Å². The number of hydrogen-bond acceptors (Lipinski definition) is 5. The number of benzene rings is 1. The molecule has 0 unspecified atom stereocenters. The summed E-state index contributed by atoms with van der Waals surface area (Å²) in [7, 11) is 1.79. The van der Waals surface area contributed by atoms with Gasteiger partial charge in [0.15, 0.2) is 0 Å². The van der Waals surface area contributed by atoms with Crippen LogP contribution in [0.2, 0.25) is 0 Å². The molecular weight excluding hydrogens is 338 g/mol. The average molecular weight is 361 g/mol. The minimum atomic E-state index is -0.123. The van der Waals surface area contributed by atoms with Gasteiger partial charge in [-0.25, -0.2) is 9.97 Å². The molecule has 0 atom stereocenters. The number of anilines is 2. The van der Waals surface area contributed by atoms with Gasteiger partial charge in [-0.3, -0.25) is 9.78 Å². The largest absolute Gasteiger partial charge is 0.340 e. The number of aryl methyl sites for hydroxylation is 2. The maximum Gasteiger partial charge on any atom is 0.272 e. The van der Waals surface area contributed by atoms with E-state index in [4.69, 9.17) is 0 Å². The number of carbonyl (C=O) groups excluding carboxylic acids is 1. The molecule has 0 saturated heterocycles. The first kappa shape index (κ1) is 18.5. The third kappa shape index (κ3) is 5.10. The number of pyridine rings is 1. The fourth-order valence-electron chi connectivity index (χ4n) is 2.76. The number of likely N-dealkylation sites (N-methyl/N-ethyl adjacent to an activating group) is 1. The predicted octanol–water partition coefficient (Wildman–Crippen LogP) is 3.55. The van der Waals surface area contributed by atoms with E-state index in [0.717, 1.165) is 23.2 Å². The van der Waals surface area contributed by atoms with Gasteiger partial charge < -0.3 is 10.2 Å². The van der Waals surface area contributed by atoms with Crippen molar-refractivity contribution < 1.29 is 4.79 Å². The molecule has 0 fully saturated rings. The van der Waals surface area contributed by atoms with Crippen LogP contribution in [0.25, 0.3) is 0 Å². The Morgan fingerprint density at radius 3 is 2.59 bits per heavy atom. The Labute approximate surface area is 159 Å². The van der Waals surface area contributed by atoms with Gasteiger partial charge in [0.2, 0.25) is 0 Å². The highest BCUT2D eigenvalue weighted by Crippen LogP contribution is 2.17. The topological polar surface area (TPSA) is 71.0 Å². The average Bonchev–Trinajstić information content (AvgIpc) is 2.66. The molecule has 0 spiro atoms. The van der Waals surface area contributed by atoms with Crippen LogP contribution in [-0.4, -0.2) is 39.4 Å². The van der Waals surface area contributed by atoms with Crippen molar-refractivity contribution in [2.45, 2.75) is 20.3 Å². The van der Waals surface area contributed by atoms with E-state index in [9.17, 15) is 4.79 Å². The molecule has 0 aliphatic heterocycles. The third-order valence-corrected chi connectivity index (χ3v) is 4.18. The molecule has 1 aromatic carbocycles. The van der Waals surface area contributed by atoms with Gasteiger partial charge in [-0.1, -0.05) is 12.1 Å². The van der Waals surface area contributed by atoms with Crippen molar-refractivity contribution in [3.8, 4) is 0 Å². The van der Waals surface area contributed by atoms with Crippen molar-refractivity contribution in [3.05, 3.63) is 77.5 Å². The van der Waals surface area contributed by atoms with Gasteiger partial charge in [-0.15, -0.1) is 0 Å². The lowest BCUT2D eigenvalue weighted by Crippen LogP contribution is -2.30. The summed E-state index contributed by atoms with van der Waals surface area (Å²) in [6.45, 7) is 4.42. The van der Waals surface area contributed by atoms with Gasteiger partial charge in [0.1, 0.15) is 17.3 Å². The summed E-state index contributed by atoms with van der Waals surface area (Å²) < 4.78 is 0. The van der Waals surface area contributed by atoms with Crippen molar-refractivity contribution in [3.63, 3.8) is 0 Å². The van der Waals surface area contributed by atoms with Crippen LogP contribution < -0.4 is 5.32 Å². The van der Waals surface area contributed by atoms with Crippen molar-refractivity contribution >= 4 is 17.4 Å². The van der Waals surface area contributed by atoms with Gasteiger partial charge in [0, 0.05) is 37.7 Å². The summed E-state index contributed by atoms with van der Waals surface area (Å²) in [5, 5.41) is 3.25. The summed E-state index contributed by atoms with van der Waals surface area (Å²) in [5.41, 5.74) is 3.61. The Morgan fingerprint density at radius 1 is 1.07 bits per heavy atom. The van der Waals surface area contributed by atoms with Crippen LogP contribution in [0.15, 0.2) is 54.9 Å². The van der Waals surface area contributed by atoms with Gasteiger partial charge in [-0.2, -0.15) is 0 Å². The molecule has 0 aliphatic rings. The lowest BCUT2D eigenvalue weighted by atomic mass is 10.2. The van der Waals surface area contributed by atoms with Crippen molar-refractivity contribution in [2.24, 2.45) is 0 Å². The Balaban J connectivity index is 1.71. The van der Waals surface area contributed by atoms with Crippen molar-refractivity contribution in [1.29, 1.82) is 0 Å². The number of carbonyl (C=O) groups is 1. The summed E-state index contributed by atoms with van der Waals surface area (Å²) in [6.07, 6.45) is 4.28. The van der Waals surface area contributed by atoms with E-state index in [-0.39, 0.29) is 5.91 Å². The second-order valence-corrected chi connectivity index (χ2v) is 6.51. The second kappa shape index (κ2) is 8.40. The molecule has 0 saturated carbocycles. The first-order valence-corrected chi connectivity index (χ1v) is 8.85. The normalized spacial score (nSPS) is 10.5. The van der Waals surface area contributed by atoms with E-state index < -0.39 is 0 Å². The van der Waals surface area contributed by atoms with Crippen LogP contribution in [0.3, 0.4) is 0 Å². The van der Waals surface area contributed by atoms with E-state index in [0.29, 0.717) is 23.9 Å². The zero-order chi connectivity index (χ0) is 19.2. The highest BCUT2D eigenvalue weighted by atomic mass is 16.2. The fraction of sp³-hybridized carbons (Fsp3) is 0.238.